The zero-order chi connectivity index (χ0) is 5.70. The zero-order valence-electron chi connectivity index (χ0n) is 3.97. The fraction of sp³-hybridized carbons (Fsp3) is 0.250. The van der Waals surface area contributed by atoms with Crippen LogP contribution in [-0.4, -0.2) is 22.5 Å². The third-order valence-corrected chi connectivity index (χ3v) is 1.07. The van der Waals surface area contributed by atoms with Crippen LogP contribution in [0.1, 0.15) is 0 Å². The monoisotopic (exact) mass is 113 g/mol. The fourth-order valence-electron chi connectivity index (χ4n) is 0.136. The van der Waals surface area contributed by atoms with E-state index in [2.05, 4.69) is 0 Å². The second-order valence-electron chi connectivity index (χ2n) is 1.19. The largest absolute Gasteiger partial charge is 0.291 e. The van der Waals surface area contributed by atoms with Crippen LogP contribution in [0.2, 0.25) is 5.54 Å². The molecule has 0 aliphatic carbocycles. The molecule has 0 aliphatic heterocycles. The summed E-state index contributed by atoms with van der Waals surface area (Å²) in [6.45, 7) is 0. The molecule has 0 N–H and O–H groups in total. The van der Waals surface area contributed by atoms with E-state index in [4.69, 9.17) is 0 Å². The van der Waals surface area contributed by atoms with Gasteiger partial charge in [0.1, 0.15) is 5.94 Å². The van der Waals surface area contributed by atoms with Gasteiger partial charge in [0.15, 0.2) is 0 Å². The molecule has 0 saturated carbocycles. The standard InChI is InChI=1S/C4H5O2Si/c5-2-1-4(7)3-6/h1,4H,7H3. The lowest BCUT2D eigenvalue weighted by Gasteiger charge is -1.79. The molecule has 0 rings (SSSR count). The lowest BCUT2D eigenvalue weighted by molar-refractivity contribution is 0.554. The Bertz CT molecular complexity index is 104. The summed E-state index contributed by atoms with van der Waals surface area (Å²) < 4.78 is 0. The van der Waals surface area contributed by atoms with Crippen molar-refractivity contribution in [2.24, 2.45) is 0 Å². The second kappa shape index (κ2) is 3.52. The minimum atomic E-state index is -0.266. The van der Waals surface area contributed by atoms with Gasteiger partial charge >= 0.3 is 0 Å². The van der Waals surface area contributed by atoms with Crippen molar-refractivity contribution in [2.45, 2.75) is 5.54 Å². The maximum Gasteiger partial charge on any atom is 0.202 e. The van der Waals surface area contributed by atoms with Crippen molar-refractivity contribution in [3.63, 3.8) is 0 Å². The third kappa shape index (κ3) is 3.16. The highest BCUT2D eigenvalue weighted by atomic mass is 28.1. The van der Waals surface area contributed by atoms with Gasteiger partial charge in [0.05, 0.1) is 0 Å². The van der Waals surface area contributed by atoms with Crippen molar-refractivity contribution in [3.8, 4) is 0 Å². The van der Waals surface area contributed by atoms with Gasteiger partial charge in [-0.25, -0.2) is 4.79 Å². The molecular weight excluding hydrogens is 108 g/mol. The van der Waals surface area contributed by atoms with Crippen LogP contribution in [0.4, 0.5) is 0 Å². The number of hydrogen-bond donors (Lipinski definition) is 0. The smallest absolute Gasteiger partial charge is 0.202 e. The van der Waals surface area contributed by atoms with Crippen LogP contribution in [0.5, 0.6) is 0 Å². The van der Waals surface area contributed by atoms with Crippen LogP contribution >= 0.6 is 0 Å². The maximum absolute atomic E-state index is 9.59. The van der Waals surface area contributed by atoms with Gasteiger partial charge < -0.3 is 0 Å². The summed E-state index contributed by atoms with van der Waals surface area (Å²) in [5, 5.41) is 0. The normalized spacial score (nSPS) is 12.0. The Morgan fingerprint density at radius 1 is 1.57 bits per heavy atom. The molecule has 0 aromatic heterocycles. The number of rotatable bonds is 2. The molecule has 1 atom stereocenters. The lowest BCUT2D eigenvalue weighted by atomic mass is 10.5. The molecule has 0 saturated heterocycles. The maximum atomic E-state index is 9.59. The minimum Gasteiger partial charge on any atom is -0.291 e. The topological polar surface area (TPSA) is 34.1 Å². The minimum absolute atomic E-state index is 0.266. The van der Waals surface area contributed by atoms with Gasteiger partial charge in [-0.3, -0.25) is 4.79 Å². The van der Waals surface area contributed by atoms with E-state index < -0.39 is 0 Å². The Labute approximate surface area is 44.6 Å². The van der Waals surface area contributed by atoms with E-state index in [1.165, 1.54) is 12.0 Å². The Morgan fingerprint density at radius 3 is 2.29 bits per heavy atom. The average Bonchev–Trinajstić information content (AvgIpc) is 1.68. The van der Waals surface area contributed by atoms with Crippen molar-refractivity contribution >= 4 is 22.5 Å². The molecule has 0 spiro atoms. The fourth-order valence-corrected chi connectivity index (χ4v) is 0.272. The van der Waals surface area contributed by atoms with E-state index in [-0.39, 0.29) is 5.54 Å². The quantitative estimate of drug-likeness (QED) is 0.327. The predicted molar refractivity (Wildman–Crippen MR) is 29.6 cm³/mol. The number of carbonyl (C=O) groups excluding carboxylic acids is 2. The molecule has 0 fully saturated rings. The molecule has 1 radical (unpaired) electrons. The van der Waals surface area contributed by atoms with Gasteiger partial charge in [0.2, 0.25) is 6.29 Å². The van der Waals surface area contributed by atoms with Crippen LogP contribution in [-0.2, 0) is 9.59 Å². The van der Waals surface area contributed by atoms with E-state index in [9.17, 15) is 9.59 Å². The molecule has 0 aromatic rings. The third-order valence-electron chi connectivity index (χ3n) is 0.504. The summed E-state index contributed by atoms with van der Waals surface area (Å²) in [6, 6.07) is 0. The van der Waals surface area contributed by atoms with Crippen LogP contribution in [0.3, 0.4) is 0 Å². The first-order valence-corrected chi connectivity index (χ1v) is 3.05. The first-order valence-electron chi connectivity index (χ1n) is 1.90. The van der Waals surface area contributed by atoms with Gasteiger partial charge in [-0.05, 0) is 0 Å². The SMILES string of the molecule is O=[C]C([SiH3])C=C=O. The van der Waals surface area contributed by atoms with Crippen molar-refractivity contribution in [1.82, 2.24) is 0 Å². The summed E-state index contributed by atoms with van der Waals surface area (Å²) in [4.78, 5) is 19.0. The summed E-state index contributed by atoms with van der Waals surface area (Å²) in [5.41, 5.74) is -0.266. The van der Waals surface area contributed by atoms with E-state index in [1.54, 1.807) is 6.29 Å². The van der Waals surface area contributed by atoms with E-state index in [1.807, 2.05) is 0 Å². The van der Waals surface area contributed by atoms with Gasteiger partial charge in [0, 0.05) is 21.9 Å². The molecule has 0 amide bonds. The summed E-state index contributed by atoms with van der Waals surface area (Å²) in [5.74, 6) is 1.52. The molecule has 2 nitrogen and oxygen atoms in total. The van der Waals surface area contributed by atoms with Crippen LogP contribution < -0.4 is 0 Å². The Hall–Kier alpha value is -0.663. The Kier molecular flexibility index (Phi) is 3.19. The highest BCUT2D eigenvalue weighted by Crippen LogP contribution is 1.87. The molecule has 0 heterocycles. The number of hydrogen-bond acceptors (Lipinski definition) is 2. The second-order valence-corrected chi connectivity index (χ2v) is 2.44. The molecule has 0 aliphatic rings. The van der Waals surface area contributed by atoms with Crippen LogP contribution in [0.15, 0.2) is 6.08 Å². The van der Waals surface area contributed by atoms with Gasteiger partial charge in [-0.15, -0.1) is 0 Å². The molecular formula is C4H5O2Si. The first kappa shape index (κ1) is 6.34. The lowest BCUT2D eigenvalue weighted by Crippen LogP contribution is -1.85. The van der Waals surface area contributed by atoms with Gasteiger partial charge in [-0.1, -0.05) is 0 Å². The predicted octanol–water partition coefficient (Wildman–Crippen LogP) is -1.36. The van der Waals surface area contributed by atoms with Crippen molar-refractivity contribution in [2.75, 3.05) is 0 Å². The summed E-state index contributed by atoms with van der Waals surface area (Å²) in [7, 11) is 0.658. The molecule has 0 aromatic carbocycles. The molecule has 7 heavy (non-hydrogen) atoms. The van der Waals surface area contributed by atoms with Crippen LogP contribution in [0.25, 0.3) is 0 Å². The van der Waals surface area contributed by atoms with E-state index in [0.29, 0.717) is 10.2 Å². The highest BCUT2D eigenvalue weighted by molar-refractivity contribution is 6.21. The summed E-state index contributed by atoms with van der Waals surface area (Å²) in [6.07, 6.45) is 2.84. The van der Waals surface area contributed by atoms with Gasteiger partial charge in [0.25, 0.3) is 0 Å². The highest BCUT2D eigenvalue weighted by Gasteiger charge is 1.90. The Balaban J connectivity index is 3.56. The molecule has 37 valence electrons. The van der Waals surface area contributed by atoms with Crippen molar-refractivity contribution in [1.29, 1.82) is 0 Å². The van der Waals surface area contributed by atoms with Crippen molar-refractivity contribution in [3.05, 3.63) is 6.08 Å². The molecule has 1 unspecified atom stereocenters. The van der Waals surface area contributed by atoms with E-state index >= 15 is 0 Å². The van der Waals surface area contributed by atoms with Gasteiger partial charge in [-0.2, -0.15) is 0 Å². The Morgan fingerprint density at radius 2 is 2.14 bits per heavy atom. The molecule has 0 bridgehead atoms. The van der Waals surface area contributed by atoms with Crippen LogP contribution in [0, 0.1) is 0 Å². The first-order chi connectivity index (χ1) is 3.31. The molecule has 3 heteroatoms. The number of allylic oxidation sites excluding steroid dienone is 1. The van der Waals surface area contributed by atoms with E-state index in [0.717, 1.165) is 0 Å². The zero-order valence-corrected chi connectivity index (χ0v) is 5.97. The average molecular weight is 113 g/mol. The van der Waals surface area contributed by atoms with Crippen molar-refractivity contribution < 1.29 is 9.59 Å². The summed E-state index contributed by atoms with van der Waals surface area (Å²) >= 11 is 0.